The highest BCUT2D eigenvalue weighted by atomic mass is 19.4. The van der Waals surface area contributed by atoms with Gasteiger partial charge in [0.05, 0.1) is 6.42 Å². The maximum Gasteiger partial charge on any atom is 0.389 e. The van der Waals surface area contributed by atoms with E-state index in [1.165, 1.54) is 11.0 Å². The van der Waals surface area contributed by atoms with Crippen LogP contribution in [-0.4, -0.2) is 45.2 Å². The second-order valence-electron chi connectivity index (χ2n) is 9.89. The second-order valence-corrected chi connectivity index (χ2v) is 9.89. The number of amides is 1. The number of fused-ring (bicyclic) bond motifs is 1. The quantitative estimate of drug-likeness (QED) is 0.359. The summed E-state index contributed by atoms with van der Waals surface area (Å²) >= 11 is 0. The molecule has 0 aliphatic heterocycles. The third kappa shape index (κ3) is 6.99. The van der Waals surface area contributed by atoms with Crippen molar-refractivity contribution < 1.29 is 33.0 Å². The Morgan fingerprint density at radius 1 is 0.889 bits per heavy atom. The normalized spacial score (nSPS) is 12.9. The molecule has 0 aromatic heterocycles. The monoisotopic (exact) mass is 501 g/mol. The van der Waals surface area contributed by atoms with Gasteiger partial charge in [-0.05, 0) is 73.4 Å². The molecule has 3 aromatic carbocycles. The number of carboxylic acids is 1. The van der Waals surface area contributed by atoms with Gasteiger partial charge in [0.25, 0.3) is 5.91 Å². The highest BCUT2D eigenvalue weighted by Gasteiger charge is 2.30. The van der Waals surface area contributed by atoms with Crippen LogP contribution in [0.15, 0.2) is 60.7 Å². The molecule has 3 aromatic rings. The minimum Gasteiger partial charge on any atom is -0.508 e. The van der Waals surface area contributed by atoms with Crippen molar-refractivity contribution in [2.24, 2.45) is 0 Å². The third-order valence-corrected chi connectivity index (χ3v) is 6.13. The van der Waals surface area contributed by atoms with E-state index in [-0.39, 0.29) is 31.0 Å². The number of carboxylic acid groups (broad SMARTS) is 1. The molecule has 0 fully saturated rings. The van der Waals surface area contributed by atoms with E-state index in [0.717, 1.165) is 10.8 Å². The van der Waals surface area contributed by atoms with E-state index in [1.54, 1.807) is 48.5 Å². The van der Waals surface area contributed by atoms with Crippen LogP contribution in [-0.2, 0) is 4.79 Å². The van der Waals surface area contributed by atoms with Crippen molar-refractivity contribution in [1.82, 2.24) is 4.90 Å². The summed E-state index contributed by atoms with van der Waals surface area (Å²) in [6, 6.07) is 16.7. The van der Waals surface area contributed by atoms with Crippen LogP contribution in [0.25, 0.3) is 10.8 Å². The molecule has 1 atom stereocenters. The van der Waals surface area contributed by atoms with E-state index in [9.17, 15) is 27.9 Å². The maximum absolute atomic E-state index is 13.2. The Morgan fingerprint density at radius 3 is 2.06 bits per heavy atom. The van der Waals surface area contributed by atoms with Crippen LogP contribution < -0.4 is 0 Å². The minimum absolute atomic E-state index is 0.0419. The van der Waals surface area contributed by atoms with E-state index in [0.29, 0.717) is 16.7 Å². The summed E-state index contributed by atoms with van der Waals surface area (Å²) in [6.45, 7) is 5.48. The van der Waals surface area contributed by atoms with Gasteiger partial charge in [0.1, 0.15) is 5.75 Å². The molecule has 0 heterocycles. The van der Waals surface area contributed by atoms with Gasteiger partial charge in [0.2, 0.25) is 0 Å². The number of phenolic OH excluding ortho intramolecular Hbond substituents is 1. The second kappa shape index (κ2) is 10.6. The van der Waals surface area contributed by atoms with Gasteiger partial charge in [-0.2, -0.15) is 13.2 Å². The molecule has 0 aliphatic carbocycles. The average molecular weight is 502 g/mol. The fraction of sp³-hybridized carbons (Fsp3) is 0.357. The molecule has 2 N–H and O–H groups in total. The summed E-state index contributed by atoms with van der Waals surface area (Å²) in [5.74, 6) is -1.80. The van der Waals surface area contributed by atoms with Gasteiger partial charge in [-0.25, -0.2) is 0 Å². The van der Waals surface area contributed by atoms with Crippen molar-refractivity contribution in [1.29, 1.82) is 0 Å². The number of hydrogen-bond acceptors (Lipinski definition) is 3. The fourth-order valence-electron chi connectivity index (χ4n) is 4.27. The van der Waals surface area contributed by atoms with Crippen molar-refractivity contribution in [3.8, 4) is 5.75 Å². The number of carbonyl (C=O) groups excluding carboxylic acids is 1. The zero-order valence-electron chi connectivity index (χ0n) is 20.5. The Labute approximate surface area is 208 Å². The molecular formula is C28H30F3NO4. The smallest absolute Gasteiger partial charge is 0.389 e. The van der Waals surface area contributed by atoms with Crippen LogP contribution in [0.4, 0.5) is 13.2 Å². The van der Waals surface area contributed by atoms with Crippen LogP contribution in [0.1, 0.15) is 67.4 Å². The number of hydrogen-bond donors (Lipinski definition) is 2. The molecule has 0 aliphatic rings. The average Bonchev–Trinajstić information content (AvgIpc) is 2.77. The number of nitrogens with zero attached hydrogens (tertiary/aromatic N) is 1. The van der Waals surface area contributed by atoms with Crippen LogP contribution in [0, 0.1) is 0 Å². The van der Waals surface area contributed by atoms with Crippen molar-refractivity contribution in [2.45, 2.75) is 57.7 Å². The Balaban J connectivity index is 1.93. The molecule has 36 heavy (non-hydrogen) atoms. The van der Waals surface area contributed by atoms with Gasteiger partial charge >= 0.3 is 12.1 Å². The van der Waals surface area contributed by atoms with Gasteiger partial charge in [-0.3, -0.25) is 9.59 Å². The van der Waals surface area contributed by atoms with Crippen LogP contribution in [0.5, 0.6) is 5.75 Å². The summed E-state index contributed by atoms with van der Waals surface area (Å²) in [4.78, 5) is 25.7. The standard InChI is InChI=1S/C28H30F3NO4/c1-27(2,3)32(15-13-25(34)35)26(36)19-6-4-18(5-7-19)24(12-14-28(29,30)31)22-9-8-21-17-23(33)11-10-20(21)16-22/h4-11,16-17,24,33H,12-15H2,1-3H3,(H,34,35)/t24-/m1/s1. The highest BCUT2D eigenvalue weighted by Crippen LogP contribution is 2.36. The van der Waals surface area contributed by atoms with Gasteiger partial charge in [-0.1, -0.05) is 36.4 Å². The lowest BCUT2D eigenvalue weighted by atomic mass is 9.86. The van der Waals surface area contributed by atoms with E-state index in [1.807, 2.05) is 26.8 Å². The number of carbonyl (C=O) groups is 2. The van der Waals surface area contributed by atoms with Gasteiger partial charge in [0.15, 0.2) is 0 Å². The molecule has 0 bridgehead atoms. The molecule has 0 radical (unpaired) electrons. The van der Waals surface area contributed by atoms with Crippen LogP contribution in [0.2, 0.25) is 0 Å². The molecule has 3 rings (SSSR count). The van der Waals surface area contributed by atoms with E-state index < -0.39 is 30.0 Å². The molecule has 192 valence electrons. The SMILES string of the molecule is CC(C)(C)N(CCC(=O)O)C(=O)c1ccc([C@@H](CCC(F)(F)F)c2ccc3cc(O)ccc3c2)cc1. The Kier molecular flexibility index (Phi) is 7.96. The predicted octanol–water partition coefficient (Wildman–Crippen LogP) is 6.74. The topological polar surface area (TPSA) is 77.8 Å². The number of aromatic hydroxyl groups is 1. The summed E-state index contributed by atoms with van der Waals surface area (Å²) in [5.41, 5.74) is 1.07. The zero-order valence-corrected chi connectivity index (χ0v) is 20.5. The number of aliphatic carboxylic acids is 1. The molecular weight excluding hydrogens is 471 g/mol. The largest absolute Gasteiger partial charge is 0.508 e. The molecule has 0 spiro atoms. The first-order chi connectivity index (χ1) is 16.7. The first-order valence-electron chi connectivity index (χ1n) is 11.7. The first kappa shape index (κ1) is 27.0. The number of phenols is 1. The molecule has 0 unspecified atom stereocenters. The van der Waals surface area contributed by atoms with E-state index >= 15 is 0 Å². The van der Waals surface area contributed by atoms with E-state index in [4.69, 9.17) is 5.11 Å². The number of halogens is 3. The number of benzene rings is 3. The summed E-state index contributed by atoms with van der Waals surface area (Å²) in [5, 5.41) is 20.3. The first-order valence-corrected chi connectivity index (χ1v) is 11.7. The predicted molar refractivity (Wildman–Crippen MR) is 132 cm³/mol. The molecule has 8 heteroatoms. The molecule has 5 nitrogen and oxygen atoms in total. The van der Waals surface area contributed by atoms with Crippen molar-refractivity contribution in [2.75, 3.05) is 6.54 Å². The maximum atomic E-state index is 13.2. The number of alkyl halides is 3. The van der Waals surface area contributed by atoms with Crippen molar-refractivity contribution >= 4 is 22.6 Å². The molecule has 0 saturated carbocycles. The Morgan fingerprint density at radius 2 is 1.47 bits per heavy atom. The van der Waals surface area contributed by atoms with Crippen molar-refractivity contribution in [3.05, 3.63) is 77.4 Å². The molecule has 1 amide bonds. The lowest BCUT2D eigenvalue weighted by Crippen LogP contribution is -2.46. The van der Waals surface area contributed by atoms with E-state index in [2.05, 4.69) is 0 Å². The lowest BCUT2D eigenvalue weighted by Gasteiger charge is -2.35. The van der Waals surface area contributed by atoms with Gasteiger partial charge < -0.3 is 15.1 Å². The third-order valence-electron chi connectivity index (χ3n) is 6.13. The zero-order chi connectivity index (χ0) is 26.7. The summed E-state index contributed by atoms with van der Waals surface area (Å²) < 4.78 is 39.4. The molecule has 0 saturated heterocycles. The summed E-state index contributed by atoms with van der Waals surface area (Å²) in [7, 11) is 0. The van der Waals surface area contributed by atoms with Crippen molar-refractivity contribution in [3.63, 3.8) is 0 Å². The highest BCUT2D eigenvalue weighted by molar-refractivity contribution is 5.95. The lowest BCUT2D eigenvalue weighted by molar-refractivity contribution is -0.137. The Hall–Kier alpha value is -3.55. The Bertz CT molecular complexity index is 1230. The van der Waals surface area contributed by atoms with Crippen LogP contribution >= 0.6 is 0 Å². The fourth-order valence-corrected chi connectivity index (χ4v) is 4.27. The van der Waals surface area contributed by atoms with Crippen LogP contribution in [0.3, 0.4) is 0 Å². The summed E-state index contributed by atoms with van der Waals surface area (Å²) in [6.07, 6.45) is -5.62. The number of rotatable bonds is 8. The minimum atomic E-state index is -4.31. The van der Waals surface area contributed by atoms with Gasteiger partial charge in [0, 0.05) is 30.0 Å². The van der Waals surface area contributed by atoms with Gasteiger partial charge in [-0.15, -0.1) is 0 Å².